The molecule has 7 heteroatoms. The average molecular weight is 244 g/mol. The molecular weight excluding hydrogens is 226 g/mol. The lowest BCUT2D eigenvalue weighted by molar-refractivity contribution is 0.280. The van der Waals surface area contributed by atoms with Gasteiger partial charge in [-0.05, 0) is 6.92 Å². The van der Waals surface area contributed by atoms with Crippen LogP contribution in [0.4, 0.5) is 0 Å². The maximum Gasteiger partial charge on any atom is 0.279 e. The molecule has 1 rings (SSSR count). The minimum Gasteiger partial charge on any atom is -0.314 e. The topological polar surface area (TPSA) is 61.4 Å². The smallest absolute Gasteiger partial charge is 0.279 e. The van der Waals surface area contributed by atoms with Crippen molar-refractivity contribution in [2.75, 3.05) is 26.2 Å². The van der Waals surface area contributed by atoms with Crippen molar-refractivity contribution in [2.45, 2.75) is 19.9 Å². The Bertz CT molecular complexity index is 258. The summed E-state index contributed by atoms with van der Waals surface area (Å²) < 4.78 is 27.2. The van der Waals surface area contributed by atoms with Gasteiger partial charge in [0.2, 0.25) is 0 Å². The van der Waals surface area contributed by atoms with Crippen molar-refractivity contribution < 1.29 is 8.42 Å². The lowest BCUT2D eigenvalue weighted by atomic mass is 10.3. The van der Waals surface area contributed by atoms with Gasteiger partial charge in [0.15, 0.2) is 0 Å². The van der Waals surface area contributed by atoms with Crippen LogP contribution in [0.25, 0.3) is 0 Å². The monoisotopic (exact) mass is 243 g/mol. The molecule has 14 heavy (non-hydrogen) atoms. The zero-order chi connectivity index (χ0) is 9.90. The fourth-order valence-electron chi connectivity index (χ4n) is 1.44. The van der Waals surface area contributed by atoms with E-state index in [2.05, 4.69) is 10.0 Å². The van der Waals surface area contributed by atoms with E-state index in [4.69, 9.17) is 0 Å². The molecule has 2 N–H and O–H groups in total. The van der Waals surface area contributed by atoms with Crippen molar-refractivity contribution >= 4 is 22.6 Å². The summed E-state index contributed by atoms with van der Waals surface area (Å²) in [5.41, 5.74) is 0. The normalized spacial score (nSPS) is 24.3. The zero-order valence-corrected chi connectivity index (χ0v) is 10.1. The summed E-state index contributed by atoms with van der Waals surface area (Å²) in [6.45, 7) is 6.14. The van der Waals surface area contributed by atoms with Crippen molar-refractivity contribution in [3.8, 4) is 0 Å². The van der Waals surface area contributed by atoms with Gasteiger partial charge < -0.3 is 5.32 Å². The highest BCUT2D eigenvalue weighted by Gasteiger charge is 2.28. The van der Waals surface area contributed by atoms with Gasteiger partial charge in [0, 0.05) is 32.2 Å². The molecule has 0 aromatic heterocycles. The van der Waals surface area contributed by atoms with E-state index in [0.29, 0.717) is 13.1 Å². The van der Waals surface area contributed by atoms with E-state index in [1.54, 1.807) is 6.92 Å². The fourth-order valence-corrected chi connectivity index (χ4v) is 2.86. The predicted octanol–water partition coefficient (Wildman–Crippen LogP) is -0.444. The van der Waals surface area contributed by atoms with Crippen LogP contribution in [-0.4, -0.2) is 44.9 Å². The molecule has 1 heterocycles. The summed E-state index contributed by atoms with van der Waals surface area (Å²) in [5, 5.41) is 3.14. The number of nitrogens with zero attached hydrogens (tertiary/aromatic N) is 1. The van der Waals surface area contributed by atoms with E-state index in [9.17, 15) is 8.42 Å². The largest absolute Gasteiger partial charge is 0.314 e. The van der Waals surface area contributed by atoms with Gasteiger partial charge in [-0.2, -0.15) is 12.7 Å². The second-order valence-corrected chi connectivity index (χ2v) is 4.87. The van der Waals surface area contributed by atoms with Crippen molar-refractivity contribution in [1.82, 2.24) is 14.3 Å². The quantitative estimate of drug-likeness (QED) is 0.706. The van der Waals surface area contributed by atoms with Gasteiger partial charge in [-0.1, -0.05) is 6.92 Å². The summed E-state index contributed by atoms with van der Waals surface area (Å²) in [4.78, 5) is 0. The Balaban J connectivity index is 0.00000169. The van der Waals surface area contributed by atoms with Crippen LogP contribution in [0.5, 0.6) is 0 Å². The molecule has 1 saturated heterocycles. The van der Waals surface area contributed by atoms with Crippen LogP contribution < -0.4 is 10.0 Å². The minimum atomic E-state index is -3.24. The van der Waals surface area contributed by atoms with Gasteiger partial charge in [-0.15, -0.1) is 12.4 Å². The van der Waals surface area contributed by atoms with Crippen molar-refractivity contribution in [3.63, 3.8) is 0 Å². The third-order valence-electron chi connectivity index (χ3n) is 2.08. The Morgan fingerprint density at radius 2 is 2.21 bits per heavy atom. The highest BCUT2D eigenvalue weighted by molar-refractivity contribution is 7.87. The first kappa shape index (κ1) is 14.1. The summed E-state index contributed by atoms with van der Waals surface area (Å²) in [5.74, 6) is 0. The summed E-state index contributed by atoms with van der Waals surface area (Å²) in [6, 6.07) is 0.0396. The number of rotatable bonds is 3. The first-order valence-electron chi connectivity index (χ1n) is 4.55. The molecule has 0 radical (unpaired) electrons. The second-order valence-electron chi connectivity index (χ2n) is 3.17. The van der Waals surface area contributed by atoms with Crippen LogP contribution in [0, 0.1) is 0 Å². The Hall–Kier alpha value is 0.120. The summed E-state index contributed by atoms with van der Waals surface area (Å²) in [7, 11) is -3.24. The number of halogens is 1. The van der Waals surface area contributed by atoms with Crippen LogP contribution in [0.1, 0.15) is 13.8 Å². The highest BCUT2D eigenvalue weighted by Crippen LogP contribution is 2.06. The molecular formula is C7H18ClN3O2S. The SMILES string of the molecule is CCNS(=O)(=O)N1CCNC[C@H]1C.Cl. The lowest BCUT2D eigenvalue weighted by Crippen LogP contribution is -2.55. The molecule has 0 aromatic carbocycles. The Labute approximate surface area is 91.8 Å². The van der Waals surface area contributed by atoms with Gasteiger partial charge in [0.25, 0.3) is 10.2 Å². The standard InChI is InChI=1S/C7H17N3O2S.ClH/c1-3-9-13(11,12)10-5-4-8-6-7(10)2;/h7-9H,3-6H2,1-2H3;1H/t7-;/m1./s1. The van der Waals surface area contributed by atoms with E-state index < -0.39 is 10.2 Å². The zero-order valence-electron chi connectivity index (χ0n) is 8.49. The molecule has 1 fully saturated rings. The Kier molecular flexibility index (Phi) is 5.92. The molecule has 5 nitrogen and oxygen atoms in total. The Morgan fingerprint density at radius 3 is 2.71 bits per heavy atom. The van der Waals surface area contributed by atoms with Crippen LogP contribution in [0.15, 0.2) is 0 Å². The maximum absolute atomic E-state index is 11.6. The first-order valence-corrected chi connectivity index (χ1v) is 5.99. The molecule has 86 valence electrons. The van der Waals surface area contributed by atoms with Crippen LogP contribution >= 0.6 is 12.4 Å². The summed E-state index contributed by atoms with van der Waals surface area (Å²) in [6.07, 6.45) is 0. The van der Waals surface area contributed by atoms with Crippen LogP contribution in [0.3, 0.4) is 0 Å². The van der Waals surface area contributed by atoms with Crippen molar-refractivity contribution in [1.29, 1.82) is 0 Å². The molecule has 1 aliphatic rings. The summed E-state index contributed by atoms with van der Waals surface area (Å²) >= 11 is 0. The van der Waals surface area contributed by atoms with Gasteiger partial charge >= 0.3 is 0 Å². The van der Waals surface area contributed by atoms with E-state index in [1.807, 2.05) is 6.92 Å². The predicted molar refractivity (Wildman–Crippen MR) is 58.9 cm³/mol. The fraction of sp³-hybridized carbons (Fsp3) is 1.00. The molecule has 1 atom stereocenters. The van der Waals surface area contributed by atoms with Gasteiger partial charge in [0.05, 0.1) is 0 Å². The van der Waals surface area contributed by atoms with Gasteiger partial charge in [-0.3, -0.25) is 0 Å². The van der Waals surface area contributed by atoms with Crippen LogP contribution in [0.2, 0.25) is 0 Å². The number of piperazine rings is 1. The highest BCUT2D eigenvalue weighted by atomic mass is 35.5. The lowest BCUT2D eigenvalue weighted by Gasteiger charge is -2.32. The third-order valence-corrected chi connectivity index (χ3v) is 3.89. The molecule has 0 aliphatic carbocycles. The van der Waals surface area contributed by atoms with Gasteiger partial charge in [0.1, 0.15) is 0 Å². The van der Waals surface area contributed by atoms with E-state index in [0.717, 1.165) is 13.1 Å². The van der Waals surface area contributed by atoms with E-state index in [1.165, 1.54) is 4.31 Å². The molecule has 1 aliphatic heterocycles. The third kappa shape index (κ3) is 3.36. The second kappa shape index (κ2) is 5.87. The van der Waals surface area contributed by atoms with E-state index in [-0.39, 0.29) is 18.4 Å². The van der Waals surface area contributed by atoms with Crippen LogP contribution in [-0.2, 0) is 10.2 Å². The maximum atomic E-state index is 11.6. The van der Waals surface area contributed by atoms with Gasteiger partial charge in [-0.25, -0.2) is 4.72 Å². The molecule has 0 unspecified atom stereocenters. The molecule has 0 amide bonds. The van der Waals surface area contributed by atoms with Crippen molar-refractivity contribution in [3.05, 3.63) is 0 Å². The molecule has 0 spiro atoms. The first-order chi connectivity index (χ1) is 6.08. The number of nitrogens with one attached hydrogen (secondary N) is 2. The van der Waals surface area contributed by atoms with Crippen molar-refractivity contribution in [2.24, 2.45) is 0 Å². The number of hydrogen-bond donors (Lipinski definition) is 2. The number of hydrogen-bond acceptors (Lipinski definition) is 3. The average Bonchev–Trinajstić information content (AvgIpc) is 2.04. The molecule has 0 aromatic rings. The Morgan fingerprint density at radius 1 is 1.57 bits per heavy atom. The minimum absolute atomic E-state index is 0. The molecule has 0 saturated carbocycles. The molecule has 0 bridgehead atoms. The van der Waals surface area contributed by atoms with E-state index >= 15 is 0 Å².